The summed E-state index contributed by atoms with van der Waals surface area (Å²) in [5, 5.41) is 10.4. The molecule has 1 N–H and O–H groups in total. The number of halogens is 2. The first-order valence-corrected chi connectivity index (χ1v) is 10.2. The quantitative estimate of drug-likeness (QED) is 0.476. The van der Waals surface area contributed by atoms with Gasteiger partial charge in [0.05, 0.1) is 8.48 Å². The molecule has 1 aromatic carbocycles. The number of nitrogens with zero attached hydrogens (tertiary/aromatic N) is 1. The Hall–Kier alpha value is -0.730. The Labute approximate surface area is 163 Å². The van der Waals surface area contributed by atoms with E-state index < -0.39 is 0 Å². The van der Waals surface area contributed by atoms with Gasteiger partial charge >= 0.3 is 0 Å². The third kappa shape index (κ3) is 3.91. The average molecular weight is 478 g/mol. The number of thioether (sulfide) groups is 1. The van der Waals surface area contributed by atoms with Gasteiger partial charge in [-0.1, -0.05) is 30.9 Å². The van der Waals surface area contributed by atoms with Crippen molar-refractivity contribution in [1.29, 1.82) is 0 Å². The van der Waals surface area contributed by atoms with Crippen molar-refractivity contribution in [2.45, 2.75) is 32.1 Å². The molecule has 1 aliphatic carbocycles. The summed E-state index contributed by atoms with van der Waals surface area (Å²) in [5.74, 6) is 0.205. The maximum absolute atomic E-state index is 12.6. The minimum Gasteiger partial charge on any atom is -0.506 e. The number of carbonyl (C=O) groups excluding carboxylic acids is 2. The lowest BCUT2D eigenvalue weighted by Gasteiger charge is -2.25. The molecule has 1 saturated heterocycles. The van der Waals surface area contributed by atoms with E-state index in [9.17, 15) is 14.7 Å². The van der Waals surface area contributed by atoms with Crippen LogP contribution in [-0.4, -0.2) is 27.7 Å². The molecule has 0 spiro atoms. The number of carbonyl (C=O) groups is 2. The first-order valence-electron chi connectivity index (χ1n) is 7.89. The van der Waals surface area contributed by atoms with Crippen LogP contribution in [0.15, 0.2) is 17.0 Å². The molecule has 3 rings (SSSR count). The smallest absolute Gasteiger partial charge is 0.293 e. The summed E-state index contributed by atoms with van der Waals surface area (Å²) >= 11 is 8.92. The standard InChI is InChI=1S/C17H17ClINO3S/c18-12-6-11(15(21)13(19)8-12)7-14-16(22)20(17(23)24-14)9-10-4-2-1-3-5-10/h6-8,10,21H,1-5,9H2/b14-7+. The number of aromatic hydroxyl groups is 1. The summed E-state index contributed by atoms with van der Waals surface area (Å²) in [6, 6.07) is 3.23. The molecule has 0 bridgehead atoms. The highest BCUT2D eigenvalue weighted by Gasteiger charge is 2.36. The van der Waals surface area contributed by atoms with Crippen LogP contribution in [0, 0.1) is 9.49 Å². The number of phenolic OH excluding ortho intramolecular Hbond substituents is 1. The molecule has 2 amide bonds. The van der Waals surface area contributed by atoms with Crippen molar-refractivity contribution < 1.29 is 14.7 Å². The molecule has 0 unspecified atom stereocenters. The van der Waals surface area contributed by atoms with Crippen molar-refractivity contribution in [1.82, 2.24) is 4.90 Å². The van der Waals surface area contributed by atoms with Crippen LogP contribution in [0.3, 0.4) is 0 Å². The van der Waals surface area contributed by atoms with Crippen LogP contribution in [0.5, 0.6) is 5.75 Å². The molecular weight excluding hydrogens is 461 g/mol. The van der Waals surface area contributed by atoms with Crippen LogP contribution in [-0.2, 0) is 4.79 Å². The van der Waals surface area contributed by atoms with Gasteiger partial charge in [0, 0.05) is 17.1 Å². The van der Waals surface area contributed by atoms with Crippen molar-refractivity contribution in [3.63, 3.8) is 0 Å². The van der Waals surface area contributed by atoms with Crippen LogP contribution in [0.4, 0.5) is 4.79 Å². The molecule has 2 aliphatic rings. The minimum absolute atomic E-state index is 0.0686. The molecule has 1 aliphatic heterocycles. The van der Waals surface area contributed by atoms with E-state index in [2.05, 4.69) is 0 Å². The lowest BCUT2D eigenvalue weighted by molar-refractivity contribution is -0.123. The number of hydrogen-bond donors (Lipinski definition) is 1. The Morgan fingerprint density at radius 3 is 2.71 bits per heavy atom. The SMILES string of the molecule is O=C1S/C(=C/c2cc(Cl)cc(I)c2O)C(=O)N1CC1CCCCC1. The predicted molar refractivity (Wildman–Crippen MR) is 105 cm³/mol. The molecule has 0 aromatic heterocycles. The van der Waals surface area contributed by atoms with Crippen molar-refractivity contribution in [2.24, 2.45) is 5.92 Å². The largest absolute Gasteiger partial charge is 0.506 e. The molecule has 0 atom stereocenters. The van der Waals surface area contributed by atoms with Crippen molar-refractivity contribution in [2.75, 3.05) is 6.54 Å². The van der Waals surface area contributed by atoms with E-state index in [4.69, 9.17) is 11.6 Å². The lowest BCUT2D eigenvalue weighted by Crippen LogP contribution is -2.34. The highest BCUT2D eigenvalue weighted by Crippen LogP contribution is 2.37. The van der Waals surface area contributed by atoms with E-state index in [1.165, 1.54) is 24.2 Å². The van der Waals surface area contributed by atoms with E-state index >= 15 is 0 Å². The zero-order valence-corrected chi connectivity index (χ0v) is 16.7. The van der Waals surface area contributed by atoms with Gasteiger partial charge in [0.15, 0.2) is 0 Å². The number of amides is 2. The maximum atomic E-state index is 12.6. The molecule has 128 valence electrons. The van der Waals surface area contributed by atoms with E-state index in [0.29, 0.717) is 31.5 Å². The average Bonchev–Trinajstić information content (AvgIpc) is 2.81. The molecular formula is C17H17ClINO3S. The Kier molecular flexibility index (Phi) is 5.77. The van der Waals surface area contributed by atoms with Gasteiger partial charge in [0.2, 0.25) is 0 Å². The number of hydrogen-bond acceptors (Lipinski definition) is 4. The summed E-state index contributed by atoms with van der Waals surface area (Å²) in [5.41, 5.74) is 0.454. The van der Waals surface area contributed by atoms with Crippen molar-refractivity contribution >= 4 is 63.2 Å². The van der Waals surface area contributed by atoms with Gasteiger partial charge in [-0.25, -0.2) is 0 Å². The van der Waals surface area contributed by atoms with Crippen molar-refractivity contribution in [3.8, 4) is 5.75 Å². The number of phenols is 1. The molecule has 24 heavy (non-hydrogen) atoms. The summed E-state index contributed by atoms with van der Waals surface area (Å²) in [4.78, 5) is 26.5. The van der Waals surface area contributed by atoms with E-state index in [1.807, 2.05) is 22.6 Å². The second-order valence-corrected chi connectivity index (χ2v) is 8.71. The van der Waals surface area contributed by atoms with Crippen LogP contribution >= 0.6 is 46.0 Å². The fourth-order valence-electron chi connectivity index (χ4n) is 3.12. The fraction of sp³-hybridized carbons (Fsp3) is 0.412. The summed E-state index contributed by atoms with van der Waals surface area (Å²) in [6.07, 6.45) is 7.29. The Bertz CT molecular complexity index is 716. The second kappa shape index (κ2) is 7.66. The predicted octanol–water partition coefficient (Wildman–Crippen LogP) is 5.27. The van der Waals surface area contributed by atoms with Gasteiger partial charge in [-0.05, 0) is 71.3 Å². The number of rotatable bonds is 3. The molecule has 0 radical (unpaired) electrons. The molecule has 7 heteroatoms. The Morgan fingerprint density at radius 1 is 1.29 bits per heavy atom. The maximum Gasteiger partial charge on any atom is 0.293 e. The Balaban J connectivity index is 1.80. The van der Waals surface area contributed by atoms with Crippen LogP contribution in [0.1, 0.15) is 37.7 Å². The van der Waals surface area contributed by atoms with Gasteiger partial charge in [-0.3, -0.25) is 14.5 Å². The topological polar surface area (TPSA) is 57.6 Å². The highest BCUT2D eigenvalue weighted by molar-refractivity contribution is 14.1. The highest BCUT2D eigenvalue weighted by atomic mass is 127. The first-order chi connectivity index (χ1) is 11.5. The zero-order chi connectivity index (χ0) is 17.3. The summed E-state index contributed by atoms with van der Waals surface area (Å²) in [6.45, 7) is 0.501. The van der Waals surface area contributed by atoms with Crippen LogP contribution < -0.4 is 0 Å². The summed E-state index contributed by atoms with van der Waals surface area (Å²) < 4.78 is 0.604. The third-order valence-corrected chi connectivity index (χ3v) is 6.33. The normalized spacial score (nSPS) is 21.1. The lowest BCUT2D eigenvalue weighted by atomic mass is 9.89. The zero-order valence-electron chi connectivity index (χ0n) is 12.9. The number of benzene rings is 1. The number of imide groups is 1. The van der Waals surface area contributed by atoms with Gasteiger partial charge < -0.3 is 5.11 Å². The van der Waals surface area contributed by atoms with Crippen LogP contribution in [0.2, 0.25) is 5.02 Å². The fourth-order valence-corrected chi connectivity index (χ4v) is 5.02. The minimum atomic E-state index is -0.273. The Morgan fingerprint density at radius 2 is 2.00 bits per heavy atom. The van der Waals surface area contributed by atoms with Gasteiger partial charge in [-0.15, -0.1) is 0 Å². The van der Waals surface area contributed by atoms with Crippen molar-refractivity contribution in [3.05, 3.63) is 31.2 Å². The van der Waals surface area contributed by atoms with Crippen LogP contribution in [0.25, 0.3) is 6.08 Å². The van der Waals surface area contributed by atoms with Gasteiger partial charge in [0.1, 0.15) is 5.75 Å². The monoisotopic (exact) mass is 477 g/mol. The molecule has 1 saturated carbocycles. The molecule has 1 aromatic rings. The molecule has 4 nitrogen and oxygen atoms in total. The second-order valence-electron chi connectivity index (χ2n) is 6.12. The van der Waals surface area contributed by atoms with E-state index in [0.717, 1.165) is 24.6 Å². The van der Waals surface area contributed by atoms with E-state index in [1.54, 1.807) is 18.2 Å². The van der Waals surface area contributed by atoms with E-state index in [-0.39, 0.29) is 16.9 Å². The molecule has 2 fully saturated rings. The van der Waals surface area contributed by atoms with Gasteiger partial charge in [-0.2, -0.15) is 0 Å². The third-order valence-electron chi connectivity index (χ3n) is 4.38. The van der Waals surface area contributed by atoms with Gasteiger partial charge in [0.25, 0.3) is 11.1 Å². The molecule has 1 heterocycles. The summed E-state index contributed by atoms with van der Waals surface area (Å²) in [7, 11) is 0. The first kappa shape index (κ1) is 18.1.